The summed E-state index contributed by atoms with van der Waals surface area (Å²) in [5.74, 6) is 1.06. The molecule has 0 radical (unpaired) electrons. The maximum Gasteiger partial charge on any atom is 0.213 e. The first kappa shape index (κ1) is 20.4. The second kappa shape index (κ2) is 9.70. The van der Waals surface area contributed by atoms with Gasteiger partial charge in [0.05, 0.1) is 19.0 Å². The fourth-order valence-electron chi connectivity index (χ4n) is 3.37. The largest absolute Gasteiger partial charge is 0.379 e. The highest BCUT2D eigenvalue weighted by Crippen LogP contribution is 2.17. The summed E-state index contributed by atoms with van der Waals surface area (Å²) in [5.41, 5.74) is 0. The zero-order valence-corrected chi connectivity index (χ0v) is 16.6. The van der Waals surface area contributed by atoms with Crippen molar-refractivity contribution < 1.29 is 13.2 Å². The van der Waals surface area contributed by atoms with Crippen molar-refractivity contribution in [3.05, 3.63) is 0 Å². The van der Waals surface area contributed by atoms with Crippen LogP contribution in [-0.4, -0.2) is 107 Å². The molecule has 9 heteroatoms. The smallest absolute Gasteiger partial charge is 0.213 e. The van der Waals surface area contributed by atoms with Crippen LogP contribution in [0.4, 0.5) is 0 Å². The molecule has 2 fully saturated rings. The molecule has 0 amide bonds. The van der Waals surface area contributed by atoms with Crippen molar-refractivity contribution in [3.63, 3.8) is 0 Å². The van der Waals surface area contributed by atoms with Crippen LogP contribution < -0.4 is 5.32 Å². The number of guanidine groups is 1. The third kappa shape index (κ3) is 5.80. The highest BCUT2D eigenvalue weighted by Gasteiger charge is 2.30. The van der Waals surface area contributed by atoms with Crippen LogP contribution in [0.3, 0.4) is 0 Å². The number of likely N-dealkylation sites (tertiary alicyclic amines) is 1. The molecule has 2 rings (SSSR count). The summed E-state index contributed by atoms with van der Waals surface area (Å²) in [5, 5.41) is 3.37. The van der Waals surface area contributed by atoms with Gasteiger partial charge in [0.15, 0.2) is 5.96 Å². The Labute approximate surface area is 152 Å². The SMILES string of the molecule is CCS(=O)(=O)N(C)CCCNC(=NC)N1CCC(N2CCOCC2)C1. The number of ether oxygens (including phenoxy) is 1. The third-order valence-electron chi connectivity index (χ3n) is 5.01. The highest BCUT2D eigenvalue weighted by molar-refractivity contribution is 7.89. The minimum atomic E-state index is -3.09. The Hall–Kier alpha value is -0.900. The van der Waals surface area contributed by atoms with Crippen molar-refractivity contribution in [1.82, 2.24) is 19.4 Å². The van der Waals surface area contributed by atoms with Gasteiger partial charge in [0, 0.05) is 59.4 Å². The van der Waals surface area contributed by atoms with Crippen molar-refractivity contribution in [3.8, 4) is 0 Å². The van der Waals surface area contributed by atoms with Crippen LogP contribution in [0.25, 0.3) is 0 Å². The summed E-state index contributed by atoms with van der Waals surface area (Å²) in [6.45, 7) is 8.60. The van der Waals surface area contributed by atoms with Gasteiger partial charge in [-0.3, -0.25) is 9.89 Å². The molecule has 0 bridgehead atoms. The van der Waals surface area contributed by atoms with Crippen LogP contribution in [0.5, 0.6) is 0 Å². The Morgan fingerprint density at radius 2 is 2.04 bits per heavy atom. The topological polar surface area (TPSA) is 77.5 Å². The molecular weight excluding hydrogens is 342 g/mol. The molecule has 0 aliphatic carbocycles. The van der Waals surface area contributed by atoms with Gasteiger partial charge in [-0.1, -0.05) is 0 Å². The molecule has 8 nitrogen and oxygen atoms in total. The molecule has 2 aliphatic heterocycles. The van der Waals surface area contributed by atoms with Crippen LogP contribution >= 0.6 is 0 Å². The number of nitrogens with zero attached hydrogens (tertiary/aromatic N) is 4. The van der Waals surface area contributed by atoms with Gasteiger partial charge >= 0.3 is 0 Å². The third-order valence-corrected chi connectivity index (χ3v) is 6.87. The Morgan fingerprint density at radius 3 is 2.68 bits per heavy atom. The Balaban J connectivity index is 1.72. The number of hydrogen-bond donors (Lipinski definition) is 1. The minimum absolute atomic E-state index is 0.148. The molecule has 0 saturated carbocycles. The molecule has 0 aromatic heterocycles. The van der Waals surface area contributed by atoms with Gasteiger partial charge in [0.25, 0.3) is 0 Å². The molecule has 0 aromatic rings. The number of aliphatic imine (C=N–C) groups is 1. The summed E-state index contributed by atoms with van der Waals surface area (Å²) >= 11 is 0. The summed E-state index contributed by atoms with van der Waals surface area (Å²) in [6.07, 6.45) is 1.91. The molecule has 146 valence electrons. The van der Waals surface area contributed by atoms with E-state index in [4.69, 9.17) is 4.74 Å². The maximum atomic E-state index is 11.7. The van der Waals surface area contributed by atoms with Crippen molar-refractivity contribution in [2.24, 2.45) is 4.99 Å². The van der Waals surface area contributed by atoms with Gasteiger partial charge in [-0.25, -0.2) is 12.7 Å². The van der Waals surface area contributed by atoms with Crippen molar-refractivity contribution in [2.75, 3.05) is 72.3 Å². The van der Waals surface area contributed by atoms with Gasteiger partial charge in [-0.15, -0.1) is 0 Å². The molecular formula is C16H33N5O3S. The Kier molecular flexibility index (Phi) is 7.92. The zero-order chi connectivity index (χ0) is 18.3. The van der Waals surface area contributed by atoms with Gasteiger partial charge in [0.2, 0.25) is 10.0 Å². The fourth-order valence-corrected chi connectivity index (χ4v) is 4.22. The van der Waals surface area contributed by atoms with E-state index < -0.39 is 10.0 Å². The average Bonchev–Trinajstić information content (AvgIpc) is 3.12. The highest BCUT2D eigenvalue weighted by atomic mass is 32.2. The van der Waals surface area contributed by atoms with Crippen LogP contribution in [-0.2, 0) is 14.8 Å². The summed E-state index contributed by atoms with van der Waals surface area (Å²) in [7, 11) is 0.353. The quantitative estimate of drug-likeness (QED) is 0.372. The van der Waals surface area contributed by atoms with Gasteiger partial charge in [-0.2, -0.15) is 0 Å². The van der Waals surface area contributed by atoms with E-state index in [9.17, 15) is 8.42 Å². The zero-order valence-electron chi connectivity index (χ0n) is 15.8. The minimum Gasteiger partial charge on any atom is -0.379 e. The van der Waals surface area contributed by atoms with Gasteiger partial charge < -0.3 is 15.0 Å². The van der Waals surface area contributed by atoms with Crippen molar-refractivity contribution >= 4 is 16.0 Å². The number of nitrogens with one attached hydrogen (secondary N) is 1. The van der Waals surface area contributed by atoms with E-state index >= 15 is 0 Å². The molecule has 2 saturated heterocycles. The Morgan fingerprint density at radius 1 is 1.32 bits per heavy atom. The number of morpholine rings is 1. The first-order valence-electron chi connectivity index (χ1n) is 9.19. The molecule has 0 spiro atoms. The lowest BCUT2D eigenvalue weighted by atomic mass is 10.2. The fraction of sp³-hybridized carbons (Fsp3) is 0.938. The molecule has 1 unspecified atom stereocenters. The van der Waals surface area contributed by atoms with E-state index in [1.165, 1.54) is 4.31 Å². The van der Waals surface area contributed by atoms with Crippen molar-refractivity contribution in [1.29, 1.82) is 0 Å². The summed E-state index contributed by atoms with van der Waals surface area (Å²) in [4.78, 5) is 9.20. The summed E-state index contributed by atoms with van der Waals surface area (Å²) in [6, 6.07) is 0.572. The number of rotatable bonds is 7. The van der Waals surface area contributed by atoms with Gasteiger partial charge in [0.1, 0.15) is 0 Å². The van der Waals surface area contributed by atoms with Crippen LogP contribution in [0.15, 0.2) is 4.99 Å². The number of hydrogen-bond acceptors (Lipinski definition) is 5. The average molecular weight is 376 g/mol. The van der Waals surface area contributed by atoms with Crippen molar-refractivity contribution in [2.45, 2.75) is 25.8 Å². The van der Waals surface area contributed by atoms with E-state index in [2.05, 4.69) is 20.1 Å². The number of sulfonamides is 1. The molecule has 2 aliphatic rings. The van der Waals surface area contributed by atoms with Crippen LogP contribution in [0.2, 0.25) is 0 Å². The first-order valence-corrected chi connectivity index (χ1v) is 10.8. The van der Waals surface area contributed by atoms with E-state index in [-0.39, 0.29) is 5.75 Å². The van der Waals surface area contributed by atoms with E-state index in [1.807, 2.05) is 0 Å². The predicted octanol–water partition coefficient (Wildman–Crippen LogP) is -0.360. The normalized spacial score (nSPS) is 23.4. The molecule has 1 atom stereocenters. The Bertz CT molecular complexity index is 534. The molecule has 1 N–H and O–H groups in total. The maximum absolute atomic E-state index is 11.7. The lowest BCUT2D eigenvalue weighted by Gasteiger charge is -2.32. The second-order valence-electron chi connectivity index (χ2n) is 6.59. The predicted molar refractivity (Wildman–Crippen MR) is 100 cm³/mol. The van der Waals surface area contributed by atoms with Gasteiger partial charge in [-0.05, 0) is 19.8 Å². The molecule has 25 heavy (non-hydrogen) atoms. The van der Waals surface area contributed by atoms with Crippen LogP contribution in [0.1, 0.15) is 19.8 Å². The van der Waals surface area contributed by atoms with E-state index in [0.717, 1.165) is 64.7 Å². The lowest BCUT2D eigenvalue weighted by Crippen LogP contribution is -2.47. The van der Waals surface area contributed by atoms with Crippen LogP contribution in [0, 0.1) is 0 Å². The van der Waals surface area contributed by atoms with E-state index in [0.29, 0.717) is 12.6 Å². The molecule has 0 aromatic carbocycles. The first-order chi connectivity index (χ1) is 12.0. The standard InChI is InChI=1S/C16H33N5O3S/c1-4-25(22,23)19(3)8-5-7-18-16(17-2)21-9-6-15(14-21)20-10-12-24-13-11-20/h15H,4-14H2,1-3H3,(H,17,18). The monoisotopic (exact) mass is 375 g/mol. The second-order valence-corrected chi connectivity index (χ2v) is 8.95. The molecule has 2 heterocycles. The summed E-state index contributed by atoms with van der Waals surface area (Å²) < 4.78 is 30.3. The lowest BCUT2D eigenvalue weighted by molar-refractivity contribution is 0.0195. The van der Waals surface area contributed by atoms with E-state index in [1.54, 1.807) is 21.0 Å².